The van der Waals surface area contributed by atoms with Gasteiger partial charge in [0.1, 0.15) is 18.1 Å². The molecule has 0 bridgehead atoms. The molecule has 0 rings (SSSR count). The minimum atomic E-state index is -1.52. The lowest BCUT2D eigenvalue weighted by Crippen LogP contribution is -2.57. The number of nitrogens with two attached hydrogens (primary N) is 2. The number of carboxylic acid groups (broad SMARTS) is 3. The van der Waals surface area contributed by atoms with E-state index < -0.39 is 78.5 Å². The number of primary amides is 1. The maximum atomic E-state index is 12.9. The van der Waals surface area contributed by atoms with Crippen molar-refractivity contribution < 1.29 is 48.9 Å². The van der Waals surface area contributed by atoms with Crippen LogP contribution in [-0.2, 0) is 33.6 Å². The fourth-order valence-electron chi connectivity index (χ4n) is 3.02. The van der Waals surface area contributed by atoms with Crippen LogP contribution in [0.5, 0.6) is 0 Å². The lowest BCUT2D eigenvalue weighted by Gasteiger charge is -2.26. The van der Waals surface area contributed by atoms with Crippen molar-refractivity contribution in [3.8, 4) is 0 Å². The second-order valence-corrected chi connectivity index (χ2v) is 8.63. The Morgan fingerprint density at radius 3 is 1.58 bits per heavy atom. The van der Waals surface area contributed by atoms with Crippen molar-refractivity contribution in [2.75, 3.05) is 0 Å². The molecule has 0 saturated heterocycles. The van der Waals surface area contributed by atoms with E-state index in [0.29, 0.717) is 0 Å². The van der Waals surface area contributed by atoms with E-state index in [1.54, 1.807) is 13.8 Å². The SMILES string of the molecule is CC(C)CC(NC(=O)C(N)CCC(=O)O)C(=O)NC(CCC(=O)O)C(=O)NC(CCC(N)=O)C(=O)O. The van der Waals surface area contributed by atoms with Gasteiger partial charge in [0.05, 0.1) is 6.04 Å². The molecular weight excluding hydrogens is 482 g/mol. The molecule has 10 N–H and O–H groups in total. The quantitative estimate of drug-likeness (QED) is 0.0974. The Bertz CT molecular complexity index is 832. The monoisotopic (exact) mass is 517 g/mol. The smallest absolute Gasteiger partial charge is 0.326 e. The first-order valence-electron chi connectivity index (χ1n) is 11.2. The minimum absolute atomic E-state index is 0.104. The zero-order chi connectivity index (χ0) is 28.0. The van der Waals surface area contributed by atoms with Gasteiger partial charge in [-0.2, -0.15) is 0 Å². The second kappa shape index (κ2) is 16.0. The summed E-state index contributed by atoms with van der Waals surface area (Å²) in [5.41, 5.74) is 10.7. The van der Waals surface area contributed by atoms with Crippen molar-refractivity contribution in [1.29, 1.82) is 0 Å². The number of hydrogen-bond acceptors (Lipinski definition) is 8. The number of carboxylic acids is 3. The predicted molar refractivity (Wildman–Crippen MR) is 123 cm³/mol. The molecule has 0 aliphatic heterocycles. The molecule has 0 radical (unpaired) electrons. The average Bonchev–Trinajstić information content (AvgIpc) is 2.75. The first-order valence-corrected chi connectivity index (χ1v) is 11.2. The number of hydrogen-bond donors (Lipinski definition) is 8. The summed E-state index contributed by atoms with van der Waals surface area (Å²) >= 11 is 0. The molecule has 0 aromatic heterocycles. The van der Waals surface area contributed by atoms with Gasteiger partial charge >= 0.3 is 17.9 Å². The fourth-order valence-corrected chi connectivity index (χ4v) is 3.02. The highest BCUT2D eigenvalue weighted by Crippen LogP contribution is 2.09. The Morgan fingerprint density at radius 2 is 1.11 bits per heavy atom. The molecule has 204 valence electrons. The highest BCUT2D eigenvalue weighted by Gasteiger charge is 2.31. The van der Waals surface area contributed by atoms with E-state index in [4.69, 9.17) is 21.7 Å². The molecule has 4 unspecified atom stereocenters. The van der Waals surface area contributed by atoms with E-state index in [2.05, 4.69) is 16.0 Å². The average molecular weight is 518 g/mol. The summed E-state index contributed by atoms with van der Waals surface area (Å²) in [4.78, 5) is 82.1. The van der Waals surface area contributed by atoms with E-state index in [1.807, 2.05) is 0 Å². The number of carbonyl (C=O) groups is 7. The van der Waals surface area contributed by atoms with Gasteiger partial charge in [-0.25, -0.2) is 4.79 Å². The number of amides is 4. The van der Waals surface area contributed by atoms with Crippen LogP contribution < -0.4 is 27.4 Å². The number of carbonyl (C=O) groups excluding carboxylic acids is 4. The van der Waals surface area contributed by atoms with Crippen LogP contribution in [0.3, 0.4) is 0 Å². The van der Waals surface area contributed by atoms with Crippen LogP contribution in [0.4, 0.5) is 0 Å². The molecule has 4 amide bonds. The van der Waals surface area contributed by atoms with Gasteiger partial charge in [0, 0.05) is 19.3 Å². The molecule has 15 nitrogen and oxygen atoms in total. The van der Waals surface area contributed by atoms with Crippen LogP contribution in [0.2, 0.25) is 0 Å². The molecular formula is C21H35N5O10. The third-order valence-corrected chi connectivity index (χ3v) is 4.92. The van der Waals surface area contributed by atoms with Crippen molar-refractivity contribution in [2.45, 2.75) is 83.0 Å². The molecule has 0 fully saturated rings. The molecule has 4 atom stereocenters. The van der Waals surface area contributed by atoms with Gasteiger partial charge < -0.3 is 42.7 Å². The Kier molecular flexibility index (Phi) is 14.4. The van der Waals surface area contributed by atoms with Gasteiger partial charge in [-0.3, -0.25) is 28.8 Å². The maximum absolute atomic E-state index is 12.9. The number of rotatable bonds is 18. The van der Waals surface area contributed by atoms with E-state index in [-0.39, 0.29) is 38.0 Å². The van der Waals surface area contributed by atoms with Gasteiger partial charge in [-0.05, 0) is 31.6 Å². The van der Waals surface area contributed by atoms with Crippen molar-refractivity contribution in [1.82, 2.24) is 16.0 Å². The third-order valence-electron chi connectivity index (χ3n) is 4.92. The molecule has 0 heterocycles. The zero-order valence-electron chi connectivity index (χ0n) is 20.2. The maximum Gasteiger partial charge on any atom is 0.326 e. The largest absolute Gasteiger partial charge is 0.481 e. The summed E-state index contributed by atoms with van der Waals surface area (Å²) < 4.78 is 0. The first kappa shape index (κ1) is 32.2. The van der Waals surface area contributed by atoms with Gasteiger partial charge in [-0.1, -0.05) is 13.8 Å². The summed E-state index contributed by atoms with van der Waals surface area (Å²) in [6.45, 7) is 3.50. The van der Waals surface area contributed by atoms with Crippen molar-refractivity contribution >= 4 is 41.5 Å². The molecule has 0 aliphatic rings. The standard InChI is InChI=1S/C21H35N5O10/c1-10(2)9-14(26-18(32)11(22)3-7-16(28)29)20(34)24-12(5-8-17(30)31)19(33)25-13(21(35)36)4-6-15(23)27/h10-14H,3-9,22H2,1-2H3,(H2,23,27)(H,24,34)(H,25,33)(H,26,32)(H,28,29)(H,30,31)(H,35,36). The molecule has 15 heteroatoms. The van der Waals surface area contributed by atoms with Gasteiger partial charge in [0.15, 0.2) is 0 Å². The number of aliphatic carboxylic acids is 3. The van der Waals surface area contributed by atoms with E-state index in [0.717, 1.165) is 0 Å². The first-order chi connectivity index (χ1) is 16.6. The molecule has 0 saturated carbocycles. The van der Waals surface area contributed by atoms with Crippen LogP contribution in [-0.4, -0.2) is 81.0 Å². The van der Waals surface area contributed by atoms with Crippen LogP contribution in [0.15, 0.2) is 0 Å². The summed E-state index contributed by atoms with van der Waals surface area (Å²) in [7, 11) is 0. The summed E-state index contributed by atoms with van der Waals surface area (Å²) in [6.07, 6.45) is -2.04. The zero-order valence-corrected chi connectivity index (χ0v) is 20.2. The summed E-state index contributed by atoms with van der Waals surface area (Å²) in [6, 6.07) is -5.40. The normalized spacial score (nSPS) is 14.1. The van der Waals surface area contributed by atoms with Gasteiger partial charge in [0.25, 0.3) is 0 Å². The van der Waals surface area contributed by atoms with E-state index in [1.165, 1.54) is 0 Å². The van der Waals surface area contributed by atoms with Crippen LogP contribution in [0.25, 0.3) is 0 Å². The molecule has 0 spiro atoms. The highest BCUT2D eigenvalue weighted by molar-refractivity contribution is 5.94. The van der Waals surface area contributed by atoms with Gasteiger partial charge in [-0.15, -0.1) is 0 Å². The second-order valence-electron chi connectivity index (χ2n) is 8.63. The fraction of sp³-hybridized carbons (Fsp3) is 0.667. The molecule has 0 aromatic rings. The lowest BCUT2D eigenvalue weighted by atomic mass is 10.0. The summed E-state index contributed by atoms with van der Waals surface area (Å²) in [5.74, 6) is -7.45. The van der Waals surface area contributed by atoms with Crippen molar-refractivity contribution in [3.63, 3.8) is 0 Å². The Hall–Kier alpha value is -3.75. The molecule has 36 heavy (non-hydrogen) atoms. The lowest BCUT2D eigenvalue weighted by molar-refractivity contribution is -0.143. The molecule has 0 aliphatic carbocycles. The Morgan fingerprint density at radius 1 is 0.667 bits per heavy atom. The van der Waals surface area contributed by atoms with Crippen LogP contribution in [0.1, 0.15) is 58.8 Å². The third kappa shape index (κ3) is 13.8. The van der Waals surface area contributed by atoms with Crippen molar-refractivity contribution in [2.24, 2.45) is 17.4 Å². The van der Waals surface area contributed by atoms with Crippen LogP contribution in [0, 0.1) is 5.92 Å². The Labute approximate surface area is 207 Å². The minimum Gasteiger partial charge on any atom is -0.481 e. The van der Waals surface area contributed by atoms with E-state index in [9.17, 15) is 38.7 Å². The molecule has 0 aromatic carbocycles. The highest BCUT2D eigenvalue weighted by atomic mass is 16.4. The Balaban J connectivity index is 5.57. The summed E-state index contributed by atoms with van der Waals surface area (Å²) in [5, 5.41) is 33.9. The number of nitrogens with one attached hydrogen (secondary N) is 3. The topological polar surface area (TPSA) is 268 Å². The van der Waals surface area contributed by atoms with E-state index >= 15 is 0 Å². The van der Waals surface area contributed by atoms with Crippen molar-refractivity contribution in [3.05, 3.63) is 0 Å². The van der Waals surface area contributed by atoms with Crippen LogP contribution >= 0.6 is 0 Å². The van der Waals surface area contributed by atoms with Gasteiger partial charge in [0.2, 0.25) is 23.6 Å². The predicted octanol–water partition coefficient (Wildman–Crippen LogP) is -2.11.